The maximum atomic E-state index is 12.6. The number of piperazine rings is 1. The molecule has 1 aliphatic rings. The Morgan fingerprint density at radius 1 is 1.14 bits per heavy atom. The minimum absolute atomic E-state index is 0.0165. The van der Waals surface area contributed by atoms with Gasteiger partial charge in [-0.3, -0.25) is 14.9 Å². The zero-order chi connectivity index (χ0) is 21.2. The molecule has 0 spiro atoms. The van der Waals surface area contributed by atoms with Gasteiger partial charge >= 0.3 is 0 Å². The fraction of sp³-hybridized carbons (Fsp3) is 0.235. The van der Waals surface area contributed by atoms with Gasteiger partial charge < -0.3 is 4.90 Å². The first-order chi connectivity index (χ1) is 13.7. The molecule has 12 heteroatoms. The molecule has 0 bridgehead atoms. The monoisotopic (exact) mass is 475 g/mol. The summed E-state index contributed by atoms with van der Waals surface area (Å²) in [6.45, 7) is 0.818. The number of benzene rings is 1. The van der Waals surface area contributed by atoms with E-state index >= 15 is 0 Å². The summed E-state index contributed by atoms with van der Waals surface area (Å²) in [4.78, 5) is 24.2. The van der Waals surface area contributed by atoms with Crippen LogP contribution in [0.5, 0.6) is 0 Å². The van der Waals surface area contributed by atoms with Gasteiger partial charge in [0.25, 0.3) is 15.7 Å². The van der Waals surface area contributed by atoms with E-state index in [0.717, 1.165) is 11.3 Å². The molecular formula is C17H15Cl2N3O5S2. The van der Waals surface area contributed by atoms with Crippen molar-refractivity contribution in [1.29, 1.82) is 0 Å². The third-order valence-corrected chi connectivity index (χ3v) is 8.20. The van der Waals surface area contributed by atoms with Gasteiger partial charge in [-0.25, -0.2) is 8.42 Å². The maximum absolute atomic E-state index is 12.6. The van der Waals surface area contributed by atoms with Crippen LogP contribution in [0.15, 0.2) is 40.6 Å². The Morgan fingerprint density at radius 2 is 1.83 bits per heavy atom. The lowest BCUT2D eigenvalue weighted by Gasteiger charge is -2.33. The predicted molar refractivity (Wildman–Crippen MR) is 112 cm³/mol. The van der Waals surface area contributed by atoms with Crippen LogP contribution in [0.25, 0.3) is 6.08 Å². The van der Waals surface area contributed by atoms with Gasteiger partial charge in [0.05, 0.1) is 9.26 Å². The van der Waals surface area contributed by atoms with Gasteiger partial charge in [-0.15, -0.1) is 11.3 Å². The number of halogens is 2. The van der Waals surface area contributed by atoms with Crippen LogP contribution in [0.3, 0.4) is 0 Å². The summed E-state index contributed by atoms with van der Waals surface area (Å²) >= 11 is 12.6. The van der Waals surface area contributed by atoms with E-state index in [4.69, 9.17) is 23.2 Å². The first-order valence-corrected chi connectivity index (χ1v) is 11.4. The predicted octanol–water partition coefficient (Wildman–Crippen LogP) is 3.51. The molecule has 1 aromatic carbocycles. The van der Waals surface area contributed by atoms with E-state index in [1.165, 1.54) is 45.6 Å². The van der Waals surface area contributed by atoms with E-state index < -0.39 is 14.9 Å². The Morgan fingerprint density at radius 3 is 2.41 bits per heavy atom. The van der Waals surface area contributed by atoms with Crippen LogP contribution in [0.4, 0.5) is 5.69 Å². The minimum Gasteiger partial charge on any atom is -0.337 e. The molecule has 0 N–H and O–H groups in total. The Bertz CT molecular complexity index is 1080. The van der Waals surface area contributed by atoms with Crippen LogP contribution in [0.1, 0.15) is 5.56 Å². The Kier molecular flexibility index (Phi) is 6.59. The summed E-state index contributed by atoms with van der Waals surface area (Å²) in [7, 11) is -3.63. The highest BCUT2D eigenvalue weighted by atomic mass is 35.5. The smallest absolute Gasteiger partial charge is 0.288 e. The maximum Gasteiger partial charge on any atom is 0.288 e. The van der Waals surface area contributed by atoms with Gasteiger partial charge in [0.1, 0.15) is 9.23 Å². The summed E-state index contributed by atoms with van der Waals surface area (Å²) in [6.07, 6.45) is 2.76. The Labute approximate surface area is 181 Å². The van der Waals surface area contributed by atoms with Gasteiger partial charge in [-0.2, -0.15) is 4.31 Å². The normalized spacial score (nSPS) is 15.7. The van der Waals surface area contributed by atoms with Crippen molar-refractivity contribution in [3.8, 4) is 0 Å². The van der Waals surface area contributed by atoms with E-state index in [1.807, 2.05) is 0 Å². The molecular weight excluding hydrogens is 461 g/mol. The molecule has 8 nitrogen and oxygen atoms in total. The second-order valence-electron chi connectivity index (χ2n) is 6.09. The van der Waals surface area contributed by atoms with Crippen molar-refractivity contribution in [3.63, 3.8) is 0 Å². The van der Waals surface area contributed by atoms with Crippen molar-refractivity contribution in [3.05, 3.63) is 61.4 Å². The van der Waals surface area contributed by atoms with Gasteiger partial charge in [-0.1, -0.05) is 29.3 Å². The van der Waals surface area contributed by atoms with Crippen LogP contribution in [0.2, 0.25) is 9.36 Å². The van der Waals surface area contributed by atoms with Gasteiger partial charge in [0.15, 0.2) is 0 Å². The molecule has 1 aliphatic heterocycles. The molecule has 0 aliphatic carbocycles. The third kappa shape index (κ3) is 4.96. The number of nitrogens with zero attached hydrogens (tertiary/aromatic N) is 3. The highest BCUT2D eigenvalue weighted by Gasteiger charge is 2.30. The summed E-state index contributed by atoms with van der Waals surface area (Å²) in [5.74, 6) is -0.307. The number of nitro benzene ring substituents is 1. The molecule has 1 amide bonds. The first kappa shape index (κ1) is 21.7. The molecule has 1 saturated heterocycles. The van der Waals surface area contributed by atoms with Gasteiger partial charge in [0, 0.05) is 38.3 Å². The van der Waals surface area contributed by atoms with E-state index in [1.54, 1.807) is 6.07 Å². The SMILES string of the molecule is O=C(/C=C/c1ccc(Cl)c([N+](=O)[O-])c1)N1CCN(S(=O)(=O)c2ccc(Cl)s2)CC1. The van der Waals surface area contributed by atoms with Crippen LogP contribution in [0, 0.1) is 10.1 Å². The molecule has 2 heterocycles. The van der Waals surface area contributed by atoms with E-state index in [-0.39, 0.29) is 47.0 Å². The fourth-order valence-electron chi connectivity index (χ4n) is 2.76. The quantitative estimate of drug-likeness (QED) is 0.374. The molecule has 0 saturated carbocycles. The lowest BCUT2D eigenvalue weighted by atomic mass is 10.2. The average Bonchev–Trinajstić information content (AvgIpc) is 3.14. The number of amides is 1. The van der Waals surface area contributed by atoms with Crippen LogP contribution < -0.4 is 0 Å². The molecule has 0 unspecified atom stereocenters. The number of hydrogen-bond donors (Lipinski definition) is 0. The zero-order valence-corrected chi connectivity index (χ0v) is 18.0. The van der Waals surface area contributed by atoms with E-state index in [9.17, 15) is 23.3 Å². The van der Waals surface area contributed by atoms with Crippen LogP contribution in [-0.2, 0) is 14.8 Å². The van der Waals surface area contributed by atoms with Crippen molar-refractivity contribution in [1.82, 2.24) is 9.21 Å². The molecule has 0 atom stereocenters. The molecule has 1 fully saturated rings. The van der Waals surface area contributed by atoms with E-state index in [2.05, 4.69) is 0 Å². The molecule has 0 radical (unpaired) electrons. The summed E-state index contributed by atoms with van der Waals surface area (Å²) < 4.78 is 27.1. The summed E-state index contributed by atoms with van der Waals surface area (Å²) in [5.41, 5.74) is 0.221. The van der Waals surface area contributed by atoms with Crippen molar-refractivity contribution >= 4 is 62.2 Å². The van der Waals surface area contributed by atoms with Gasteiger partial charge in [-0.05, 0) is 29.8 Å². The van der Waals surface area contributed by atoms with Crippen LogP contribution >= 0.6 is 34.5 Å². The molecule has 3 rings (SSSR count). The molecule has 2 aromatic rings. The molecule has 29 heavy (non-hydrogen) atoms. The van der Waals surface area contributed by atoms with Crippen molar-refractivity contribution < 1.29 is 18.1 Å². The van der Waals surface area contributed by atoms with Crippen LogP contribution in [-0.4, -0.2) is 54.6 Å². The summed E-state index contributed by atoms with van der Waals surface area (Å²) in [6, 6.07) is 7.24. The standard InChI is InChI=1S/C17H15Cl2N3O5S2/c18-13-3-1-12(11-14(13)22(24)25)2-5-16(23)20-7-9-21(10-8-20)29(26,27)17-6-4-15(19)28-17/h1-6,11H,7-10H2/b5-2+. The fourth-order valence-corrected chi connectivity index (χ4v) is 6.00. The third-order valence-electron chi connectivity index (χ3n) is 4.28. The second kappa shape index (κ2) is 8.80. The highest BCUT2D eigenvalue weighted by molar-refractivity contribution is 7.91. The Hall–Kier alpha value is -1.98. The van der Waals surface area contributed by atoms with E-state index in [0.29, 0.717) is 9.90 Å². The molecule has 154 valence electrons. The number of thiophene rings is 1. The first-order valence-electron chi connectivity index (χ1n) is 8.35. The molecule has 1 aromatic heterocycles. The van der Waals surface area contributed by atoms with Crippen molar-refractivity contribution in [2.24, 2.45) is 0 Å². The number of carbonyl (C=O) groups is 1. The number of sulfonamides is 1. The Balaban J connectivity index is 1.62. The lowest BCUT2D eigenvalue weighted by Crippen LogP contribution is -2.50. The second-order valence-corrected chi connectivity index (χ2v) is 10.4. The summed E-state index contributed by atoms with van der Waals surface area (Å²) in [5, 5.41) is 11.0. The van der Waals surface area contributed by atoms with Crippen molar-refractivity contribution in [2.75, 3.05) is 26.2 Å². The number of carbonyl (C=O) groups excluding carboxylic acids is 1. The van der Waals surface area contributed by atoms with Crippen molar-refractivity contribution in [2.45, 2.75) is 4.21 Å². The lowest BCUT2D eigenvalue weighted by molar-refractivity contribution is -0.384. The number of rotatable bonds is 5. The highest BCUT2D eigenvalue weighted by Crippen LogP contribution is 2.29. The number of nitro groups is 1. The minimum atomic E-state index is -3.63. The largest absolute Gasteiger partial charge is 0.337 e. The topological polar surface area (TPSA) is 101 Å². The number of hydrogen-bond acceptors (Lipinski definition) is 6. The average molecular weight is 476 g/mol. The zero-order valence-electron chi connectivity index (χ0n) is 14.8. The van der Waals surface area contributed by atoms with Gasteiger partial charge in [0.2, 0.25) is 5.91 Å².